The third-order valence-corrected chi connectivity index (χ3v) is 7.08. The van der Waals surface area contributed by atoms with Gasteiger partial charge < -0.3 is 19.1 Å². The van der Waals surface area contributed by atoms with Gasteiger partial charge in [-0.15, -0.1) is 0 Å². The molecule has 0 atom stereocenters. The standard InChI is InChI=1S/C26H28N2O6S/c1-4-28(17-20-6-5-7-23-25(20)34-15-14-33-23)26(29)19-10-13-22(32-3)24(16-19)35(30,31)27-21-11-8-18(2)9-12-21/h5-13,16,27H,4,14-15,17H2,1-3H3. The van der Waals surface area contributed by atoms with Crippen LogP contribution in [0.15, 0.2) is 65.6 Å². The van der Waals surface area contributed by atoms with Gasteiger partial charge in [-0.25, -0.2) is 8.42 Å². The summed E-state index contributed by atoms with van der Waals surface area (Å²) in [7, 11) is -2.62. The number of ether oxygens (including phenoxy) is 3. The molecule has 1 aliphatic heterocycles. The van der Waals surface area contributed by atoms with Crippen LogP contribution in [0.2, 0.25) is 0 Å². The molecule has 1 aliphatic rings. The van der Waals surface area contributed by atoms with Crippen molar-refractivity contribution in [3.05, 3.63) is 77.4 Å². The molecule has 0 aromatic heterocycles. The summed E-state index contributed by atoms with van der Waals surface area (Å²) >= 11 is 0. The van der Waals surface area contributed by atoms with Crippen LogP contribution in [-0.2, 0) is 16.6 Å². The molecule has 184 valence electrons. The topological polar surface area (TPSA) is 94.2 Å². The Hall–Kier alpha value is -3.72. The van der Waals surface area contributed by atoms with E-state index >= 15 is 0 Å². The van der Waals surface area contributed by atoms with Crippen molar-refractivity contribution in [1.82, 2.24) is 4.90 Å². The number of carbonyl (C=O) groups is 1. The molecule has 0 bridgehead atoms. The van der Waals surface area contributed by atoms with Gasteiger partial charge in [0, 0.05) is 29.9 Å². The van der Waals surface area contributed by atoms with Gasteiger partial charge >= 0.3 is 0 Å². The maximum atomic E-state index is 13.4. The number of nitrogens with one attached hydrogen (secondary N) is 1. The predicted molar refractivity (Wildman–Crippen MR) is 133 cm³/mol. The van der Waals surface area contributed by atoms with Crippen molar-refractivity contribution in [3.63, 3.8) is 0 Å². The fraction of sp³-hybridized carbons (Fsp3) is 0.269. The summed E-state index contributed by atoms with van der Waals surface area (Å²) in [6.07, 6.45) is 0. The van der Waals surface area contributed by atoms with Crippen LogP contribution in [0, 0.1) is 6.92 Å². The number of carbonyl (C=O) groups excluding carboxylic acids is 1. The lowest BCUT2D eigenvalue weighted by Crippen LogP contribution is -2.31. The van der Waals surface area contributed by atoms with Gasteiger partial charge in [-0.2, -0.15) is 0 Å². The molecule has 4 rings (SSSR count). The van der Waals surface area contributed by atoms with Gasteiger partial charge in [-0.05, 0) is 50.2 Å². The van der Waals surface area contributed by atoms with Crippen LogP contribution in [0.1, 0.15) is 28.4 Å². The molecule has 3 aromatic rings. The average Bonchev–Trinajstić information content (AvgIpc) is 2.87. The molecule has 1 heterocycles. The first-order chi connectivity index (χ1) is 16.8. The molecule has 1 N–H and O–H groups in total. The van der Waals surface area contributed by atoms with E-state index < -0.39 is 10.0 Å². The van der Waals surface area contributed by atoms with Crippen LogP contribution in [0.25, 0.3) is 0 Å². The zero-order valence-electron chi connectivity index (χ0n) is 19.9. The summed E-state index contributed by atoms with van der Waals surface area (Å²) < 4.78 is 45.6. The van der Waals surface area contributed by atoms with Crippen LogP contribution in [0.3, 0.4) is 0 Å². The smallest absolute Gasteiger partial charge is 0.265 e. The Kier molecular flexibility index (Phi) is 7.16. The van der Waals surface area contributed by atoms with Crippen molar-refractivity contribution in [2.24, 2.45) is 0 Å². The molecule has 0 unspecified atom stereocenters. The monoisotopic (exact) mass is 496 g/mol. The Labute approximate surface area is 205 Å². The molecule has 0 saturated carbocycles. The first kappa shape index (κ1) is 24.4. The van der Waals surface area contributed by atoms with E-state index in [-0.39, 0.29) is 28.7 Å². The minimum absolute atomic E-state index is 0.115. The number of anilines is 1. The molecular formula is C26H28N2O6S. The van der Waals surface area contributed by atoms with Crippen LogP contribution >= 0.6 is 0 Å². The molecule has 1 amide bonds. The summed E-state index contributed by atoms with van der Waals surface area (Å²) in [4.78, 5) is 14.9. The van der Waals surface area contributed by atoms with Gasteiger partial charge in [-0.1, -0.05) is 29.8 Å². The van der Waals surface area contributed by atoms with Crippen molar-refractivity contribution in [3.8, 4) is 17.2 Å². The third kappa shape index (κ3) is 5.35. The Bertz CT molecular complexity index is 1320. The molecule has 0 radical (unpaired) electrons. The predicted octanol–water partition coefficient (Wildman–Crippen LogP) is 4.24. The maximum absolute atomic E-state index is 13.4. The number of benzene rings is 3. The SMILES string of the molecule is CCN(Cc1cccc2c1OCCO2)C(=O)c1ccc(OC)c(S(=O)(=O)Nc2ccc(C)cc2)c1. The Morgan fingerprint density at radius 3 is 2.51 bits per heavy atom. The van der Waals surface area contributed by atoms with Crippen molar-refractivity contribution in [2.45, 2.75) is 25.3 Å². The molecule has 0 aliphatic carbocycles. The largest absolute Gasteiger partial charge is 0.495 e. The van der Waals surface area contributed by atoms with E-state index in [1.807, 2.05) is 44.2 Å². The second-order valence-electron chi connectivity index (χ2n) is 8.10. The Balaban J connectivity index is 1.62. The molecular weight excluding hydrogens is 468 g/mol. The zero-order chi connectivity index (χ0) is 25.0. The molecule has 0 spiro atoms. The summed E-state index contributed by atoms with van der Waals surface area (Å²) in [6, 6.07) is 17.0. The van der Waals surface area contributed by atoms with E-state index in [4.69, 9.17) is 14.2 Å². The summed E-state index contributed by atoms with van der Waals surface area (Å²) in [6.45, 7) is 5.41. The lowest BCUT2D eigenvalue weighted by molar-refractivity contribution is 0.0749. The molecule has 3 aromatic carbocycles. The van der Waals surface area contributed by atoms with E-state index in [1.165, 1.54) is 19.2 Å². The van der Waals surface area contributed by atoms with Crippen LogP contribution in [0.4, 0.5) is 5.69 Å². The molecule has 0 fully saturated rings. The minimum atomic E-state index is -4.01. The Morgan fingerprint density at radius 1 is 1.06 bits per heavy atom. The van der Waals surface area contributed by atoms with E-state index in [2.05, 4.69) is 4.72 Å². The number of fused-ring (bicyclic) bond motifs is 1. The highest BCUT2D eigenvalue weighted by Crippen LogP contribution is 2.35. The molecule has 9 heteroatoms. The second kappa shape index (κ2) is 10.3. The van der Waals surface area contributed by atoms with E-state index in [0.717, 1.165) is 11.1 Å². The highest BCUT2D eigenvalue weighted by molar-refractivity contribution is 7.92. The fourth-order valence-electron chi connectivity index (χ4n) is 3.83. The van der Waals surface area contributed by atoms with Gasteiger partial charge in [0.15, 0.2) is 11.5 Å². The highest BCUT2D eigenvalue weighted by Gasteiger charge is 2.25. The number of para-hydroxylation sites is 1. The van der Waals surface area contributed by atoms with Crippen LogP contribution in [0.5, 0.6) is 17.2 Å². The van der Waals surface area contributed by atoms with Gasteiger partial charge in [-0.3, -0.25) is 9.52 Å². The van der Waals surface area contributed by atoms with Crippen LogP contribution in [-0.4, -0.2) is 46.1 Å². The summed E-state index contributed by atoms with van der Waals surface area (Å²) in [5, 5.41) is 0. The van der Waals surface area contributed by atoms with Crippen molar-refractivity contribution in [1.29, 1.82) is 0 Å². The fourth-order valence-corrected chi connectivity index (χ4v) is 5.08. The lowest BCUT2D eigenvalue weighted by atomic mass is 10.1. The van der Waals surface area contributed by atoms with E-state index in [0.29, 0.717) is 36.9 Å². The number of sulfonamides is 1. The Morgan fingerprint density at radius 2 is 1.80 bits per heavy atom. The number of hydrogen-bond acceptors (Lipinski definition) is 6. The van der Waals surface area contributed by atoms with Crippen LogP contribution < -0.4 is 18.9 Å². The van der Waals surface area contributed by atoms with Gasteiger partial charge in [0.2, 0.25) is 0 Å². The summed E-state index contributed by atoms with van der Waals surface area (Å²) in [5.74, 6) is 1.12. The number of nitrogens with zero attached hydrogens (tertiary/aromatic N) is 1. The van der Waals surface area contributed by atoms with E-state index in [9.17, 15) is 13.2 Å². The first-order valence-corrected chi connectivity index (χ1v) is 12.7. The quantitative estimate of drug-likeness (QED) is 0.501. The first-order valence-electron chi connectivity index (χ1n) is 11.3. The van der Waals surface area contributed by atoms with Crippen molar-refractivity contribution in [2.75, 3.05) is 31.6 Å². The van der Waals surface area contributed by atoms with Crippen molar-refractivity contribution < 1.29 is 27.4 Å². The summed E-state index contributed by atoms with van der Waals surface area (Å²) in [5.41, 5.74) is 2.48. The van der Waals surface area contributed by atoms with E-state index in [1.54, 1.807) is 23.1 Å². The number of amides is 1. The number of hydrogen-bond donors (Lipinski definition) is 1. The number of aryl methyl sites for hydroxylation is 1. The maximum Gasteiger partial charge on any atom is 0.265 e. The highest BCUT2D eigenvalue weighted by atomic mass is 32.2. The number of methoxy groups -OCH3 is 1. The second-order valence-corrected chi connectivity index (χ2v) is 9.75. The number of rotatable bonds is 8. The molecule has 35 heavy (non-hydrogen) atoms. The average molecular weight is 497 g/mol. The normalized spacial score (nSPS) is 12.7. The lowest BCUT2D eigenvalue weighted by Gasteiger charge is -2.25. The van der Waals surface area contributed by atoms with Gasteiger partial charge in [0.05, 0.1) is 7.11 Å². The molecule has 8 nitrogen and oxygen atoms in total. The van der Waals surface area contributed by atoms with Gasteiger partial charge in [0.25, 0.3) is 15.9 Å². The minimum Gasteiger partial charge on any atom is -0.495 e. The third-order valence-electron chi connectivity index (χ3n) is 5.68. The zero-order valence-corrected chi connectivity index (χ0v) is 20.7. The van der Waals surface area contributed by atoms with Crippen molar-refractivity contribution >= 4 is 21.6 Å². The molecule has 0 saturated heterocycles. The van der Waals surface area contributed by atoms with Gasteiger partial charge in [0.1, 0.15) is 23.9 Å².